The van der Waals surface area contributed by atoms with E-state index in [1.165, 1.54) is 12.5 Å². The van der Waals surface area contributed by atoms with Gasteiger partial charge in [-0.25, -0.2) is 18.1 Å². The van der Waals surface area contributed by atoms with E-state index in [1.54, 1.807) is 0 Å². The maximum absolute atomic E-state index is 11.7. The number of ether oxygens (including phenoxy) is 1. The van der Waals surface area contributed by atoms with Crippen molar-refractivity contribution in [1.82, 2.24) is 14.7 Å². The Morgan fingerprint density at radius 3 is 2.88 bits per heavy atom. The van der Waals surface area contributed by atoms with Gasteiger partial charge in [0.1, 0.15) is 0 Å². The zero-order valence-electron chi connectivity index (χ0n) is 8.85. The van der Waals surface area contributed by atoms with Crippen molar-refractivity contribution in [3.8, 4) is 0 Å². The number of H-pyrrole nitrogens is 1. The number of nitrogens with one attached hydrogen (secondary N) is 2. The Bertz CT molecular complexity index is 409. The molecule has 16 heavy (non-hydrogen) atoms. The Hall–Kier alpha value is -0.920. The van der Waals surface area contributed by atoms with E-state index in [4.69, 9.17) is 4.74 Å². The summed E-state index contributed by atoms with van der Waals surface area (Å²) < 4.78 is 31.2. The molecule has 1 aromatic rings. The highest BCUT2D eigenvalue weighted by Crippen LogP contribution is 2.14. The molecule has 0 aliphatic carbocycles. The second kappa shape index (κ2) is 4.94. The van der Waals surface area contributed by atoms with Gasteiger partial charge in [-0.05, 0) is 18.8 Å². The van der Waals surface area contributed by atoms with Gasteiger partial charge in [0.05, 0.1) is 12.5 Å². The average Bonchev–Trinajstić information content (AvgIpc) is 2.82. The molecule has 1 saturated heterocycles. The first kappa shape index (κ1) is 11.6. The molecule has 0 aromatic carbocycles. The lowest BCUT2D eigenvalue weighted by Gasteiger charge is -2.21. The lowest BCUT2D eigenvalue weighted by Crippen LogP contribution is -2.32. The fraction of sp³-hybridized carbons (Fsp3) is 0.667. The third kappa shape index (κ3) is 2.81. The first-order valence-electron chi connectivity index (χ1n) is 5.24. The minimum atomic E-state index is -3.43. The van der Waals surface area contributed by atoms with Crippen LogP contribution in [0.4, 0.5) is 0 Å². The lowest BCUT2D eigenvalue weighted by molar-refractivity contribution is 0.0678. The molecule has 2 heterocycles. The molecule has 90 valence electrons. The quantitative estimate of drug-likeness (QED) is 0.789. The molecule has 0 radical (unpaired) electrons. The van der Waals surface area contributed by atoms with Crippen LogP contribution in [0.2, 0.25) is 0 Å². The van der Waals surface area contributed by atoms with Crippen LogP contribution < -0.4 is 4.72 Å². The molecule has 1 fully saturated rings. The van der Waals surface area contributed by atoms with Crippen molar-refractivity contribution in [2.24, 2.45) is 5.92 Å². The summed E-state index contributed by atoms with van der Waals surface area (Å²) in [4.78, 5) is 6.27. The third-order valence-electron chi connectivity index (χ3n) is 2.67. The summed E-state index contributed by atoms with van der Waals surface area (Å²) >= 11 is 0. The number of imidazole rings is 1. The fourth-order valence-electron chi connectivity index (χ4n) is 1.65. The topological polar surface area (TPSA) is 84.1 Å². The molecule has 1 aromatic heterocycles. The maximum Gasteiger partial charge on any atom is 0.257 e. The van der Waals surface area contributed by atoms with Crippen molar-refractivity contribution in [2.45, 2.75) is 17.9 Å². The van der Waals surface area contributed by atoms with Crippen molar-refractivity contribution in [1.29, 1.82) is 0 Å². The highest BCUT2D eigenvalue weighted by Gasteiger charge is 2.19. The molecule has 6 nitrogen and oxygen atoms in total. The molecule has 2 rings (SSSR count). The van der Waals surface area contributed by atoms with Crippen LogP contribution in [0.1, 0.15) is 12.8 Å². The van der Waals surface area contributed by atoms with Crippen molar-refractivity contribution in [2.75, 3.05) is 19.8 Å². The molecule has 0 amide bonds. The molecule has 0 spiro atoms. The van der Waals surface area contributed by atoms with E-state index in [0.717, 1.165) is 26.1 Å². The second-order valence-corrected chi connectivity index (χ2v) is 5.56. The van der Waals surface area contributed by atoms with Gasteiger partial charge < -0.3 is 9.72 Å². The predicted octanol–water partition coefficient (Wildman–Crippen LogP) is 0.115. The Labute approximate surface area is 94.5 Å². The van der Waals surface area contributed by atoms with Crippen LogP contribution in [0.25, 0.3) is 0 Å². The van der Waals surface area contributed by atoms with Crippen molar-refractivity contribution in [3.63, 3.8) is 0 Å². The smallest absolute Gasteiger partial charge is 0.257 e. The van der Waals surface area contributed by atoms with Gasteiger partial charge in [0.25, 0.3) is 10.0 Å². The van der Waals surface area contributed by atoms with Gasteiger partial charge in [-0.2, -0.15) is 0 Å². The molecule has 0 bridgehead atoms. The van der Waals surface area contributed by atoms with Crippen LogP contribution in [0.5, 0.6) is 0 Å². The summed E-state index contributed by atoms with van der Waals surface area (Å²) in [5.41, 5.74) is 0. The number of sulfonamides is 1. The Balaban J connectivity index is 1.89. The minimum Gasteiger partial charge on any atom is -0.381 e. The number of aromatic nitrogens is 2. The Morgan fingerprint density at radius 2 is 2.25 bits per heavy atom. The van der Waals surface area contributed by atoms with E-state index in [0.29, 0.717) is 12.5 Å². The number of rotatable bonds is 4. The third-order valence-corrected chi connectivity index (χ3v) is 4.01. The van der Waals surface area contributed by atoms with Crippen LogP contribution in [-0.2, 0) is 14.8 Å². The van der Waals surface area contributed by atoms with Crippen molar-refractivity contribution in [3.05, 3.63) is 12.5 Å². The second-order valence-electron chi connectivity index (χ2n) is 3.82. The highest BCUT2D eigenvalue weighted by molar-refractivity contribution is 7.89. The van der Waals surface area contributed by atoms with Crippen LogP contribution in [0.3, 0.4) is 0 Å². The fourth-order valence-corrected chi connectivity index (χ4v) is 2.66. The zero-order valence-corrected chi connectivity index (χ0v) is 9.66. The summed E-state index contributed by atoms with van der Waals surface area (Å²) in [6.07, 6.45) is 4.46. The zero-order chi connectivity index (χ0) is 11.4. The van der Waals surface area contributed by atoms with Gasteiger partial charge in [-0.3, -0.25) is 0 Å². The van der Waals surface area contributed by atoms with E-state index >= 15 is 0 Å². The average molecular weight is 245 g/mol. The summed E-state index contributed by atoms with van der Waals surface area (Å²) in [6, 6.07) is 0. The van der Waals surface area contributed by atoms with Gasteiger partial charge in [0.2, 0.25) is 0 Å². The normalized spacial score (nSPS) is 18.8. The molecule has 0 unspecified atom stereocenters. The van der Waals surface area contributed by atoms with Gasteiger partial charge in [0.15, 0.2) is 5.03 Å². The van der Waals surface area contributed by atoms with E-state index in [1.807, 2.05) is 0 Å². The first-order chi connectivity index (χ1) is 7.68. The van der Waals surface area contributed by atoms with Crippen molar-refractivity contribution >= 4 is 10.0 Å². The van der Waals surface area contributed by atoms with E-state index < -0.39 is 10.0 Å². The van der Waals surface area contributed by atoms with Gasteiger partial charge in [-0.15, -0.1) is 0 Å². The van der Waals surface area contributed by atoms with Crippen LogP contribution in [-0.4, -0.2) is 38.1 Å². The van der Waals surface area contributed by atoms with E-state index in [9.17, 15) is 8.42 Å². The summed E-state index contributed by atoms with van der Waals surface area (Å²) in [5, 5.41) is 0.111. The monoisotopic (exact) mass is 245 g/mol. The Morgan fingerprint density at radius 1 is 1.50 bits per heavy atom. The predicted molar refractivity (Wildman–Crippen MR) is 57.3 cm³/mol. The van der Waals surface area contributed by atoms with Gasteiger partial charge >= 0.3 is 0 Å². The number of aromatic amines is 1. The Kier molecular flexibility index (Phi) is 3.57. The van der Waals surface area contributed by atoms with Gasteiger partial charge in [-0.1, -0.05) is 0 Å². The van der Waals surface area contributed by atoms with Crippen molar-refractivity contribution < 1.29 is 13.2 Å². The largest absolute Gasteiger partial charge is 0.381 e. The molecule has 2 N–H and O–H groups in total. The number of hydrogen-bond donors (Lipinski definition) is 2. The molecule has 1 aliphatic heterocycles. The van der Waals surface area contributed by atoms with Crippen LogP contribution in [0, 0.1) is 5.92 Å². The molecule has 1 aliphatic rings. The first-order valence-corrected chi connectivity index (χ1v) is 6.72. The lowest BCUT2D eigenvalue weighted by atomic mass is 10.0. The van der Waals surface area contributed by atoms with Gasteiger partial charge in [0, 0.05) is 19.8 Å². The molecule has 0 saturated carbocycles. The van der Waals surface area contributed by atoms with Crippen LogP contribution >= 0.6 is 0 Å². The molecular formula is C9H15N3O3S. The number of nitrogens with zero attached hydrogens (tertiary/aromatic N) is 1. The molecule has 7 heteroatoms. The molecule has 0 atom stereocenters. The maximum atomic E-state index is 11.7. The summed E-state index contributed by atoms with van der Waals surface area (Å²) in [6.45, 7) is 1.90. The summed E-state index contributed by atoms with van der Waals surface area (Å²) in [5.74, 6) is 0.367. The SMILES string of the molecule is O=S(=O)(NCC1CCOCC1)c1cnc[nH]1. The summed E-state index contributed by atoms with van der Waals surface area (Å²) in [7, 11) is -3.43. The highest BCUT2D eigenvalue weighted by atomic mass is 32.2. The minimum absolute atomic E-state index is 0.111. The van der Waals surface area contributed by atoms with E-state index in [2.05, 4.69) is 14.7 Å². The molecular weight excluding hydrogens is 230 g/mol. The standard InChI is InChI=1S/C9H15N3O3S/c13-16(14,9-6-10-7-11-9)12-5-8-1-3-15-4-2-8/h6-8,12H,1-5H2,(H,10,11). The van der Waals surface area contributed by atoms with E-state index in [-0.39, 0.29) is 5.03 Å². The van der Waals surface area contributed by atoms with Crippen LogP contribution in [0.15, 0.2) is 17.6 Å². The number of hydrogen-bond acceptors (Lipinski definition) is 4.